The third-order valence-electron chi connectivity index (χ3n) is 2.76. The summed E-state index contributed by atoms with van der Waals surface area (Å²) in [5.74, 6) is 0. The molecule has 0 N–H and O–H groups in total. The Morgan fingerprint density at radius 3 is 2.53 bits per heavy atom. The minimum Gasteiger partial charge on any atom is -0.258 e. The predicted molar refractivity (Wildman–Crippen MR) is 67.9 cm³/mol. The standard InChI is InChI=1S/C11H13N3O4S/c1-8-5-4-6-10(14(15)16)11(8)19(17,18)13(3)9(2)7-12/h4-6,9H,1-3H3. The Morgan fingerprint density at radius 1 is 1.47 bits per heavy atom. The van der Waals surface area contributed by atoms with Gasteiger partial charge in [0.15, 0.2) is 4.90 Å². The molecule has 0 saturated heterocycles. The fraction of sp³-hybridized carbons (Fsp3) is 0.364. The molecule has 0 spiro atoms. The summed E-state index contributed by atoms with van der Waals surface area (Å²) >= 11 is 0. The van der Waals surface area contributed by atoms with E-state index in [1.54, 1.807) is 6.07 Å². The number of hydrogen-bond donors (Lipinski definition) is 0. The van der Waals surface area contributed by atoms with E-state index >= 15 is 0 Å². The molecule has 0 fully saturated rings. The SMILES string of the molecule is Cc1cccc([N+](=O)[O-])c1S(=O)(=O)N(C)C(C)C#N. The highest BCUT2D eigenvalue weighted by Crippen LogP contribution is 2.29. The average molecular weight is 283 g/mol. The second-order valence-corrected chi connectivity index (χ2v) is 5.94. The summed E-state index contributed by atoms with van der Waals surface area (Å²) < 4.78 is 25.5. The van der Waals surface area contributed by atoms with Crippen molar-refractivity contribution in [1.29, 1.82) is 5.26 Å². The zero-order chi connectivity index (χ0) is 14.8. The Balaban J connectivity index is 3.54. The normalized spacial score (nSPS) is 13.0. The molecular formula is C11H13N3O4S. The summed E-state index contributed by atoms with van der Waals surface area (Å²) in [6, 6.07) is 4.90. The van der Waals surface area contributed by atoms with Crippen molar-refractivity contribution in [2.24, 2.45) is 0 Å². The van der Waals surface area contributed by atoms with Crippen LogP contribution in [0.2, 0.25) is 0 Å². The Morgan fingerprint density at radius 2 is 2.05 bits per heavy atom. The summed E-state index contributed by atoms with van der Waals surface area (Å²) in [4.78, 5) is 9.82. The topological polar surface area (TPSA) is 104 Å². The monoisotopic (exact) mass is 283 g/mol. The number of sulfonamides is 1. The maximum atomic E-state index is 12.3. The van der Waals surface area contributed by atoms with Gasteiger partial charge in [0.1, 0.15) is 6.04 Å². The minimum absolute atomic E-state index is 0.270. The van der Waals surface area contributed by atoms with Crippen molar-refractivity contribution in [1.82, 2.24) is 4.31 Å². The first kappa shape index (κ1) is 15.1. The maximum absolute atomic E-state index is 12.3. The number of nitriles is 1. The van der Waals surface area contributed by atoms with E-state index in [1.165, 1.54) is 33.0 Å². The molecule has 8 heteroatoms. The lowest BCUT2D eigenvalue weighted by atomic mass is 10.2. The van der Waals surface area contributed by atoms with Crippen molar-refractivity contribution >= 4 is 15.7 Å². The van der Waals surface area contributed by atoms with Crippen molar-refractivity contribution in [3.05, 3.63) is 33.9 Å². The molecule has 0 amide bonds. The van der Waals surface area contributed by atoms with E-state index in [9.17, 15) is 18.5 Å². The summed E-state index contributed by atoms with van der Waals surface area (Å²) in [6.45, 7) is 2.88. The quantitative estimate of drug-likeness (QED) is 0.614. The molecule has 1 atom stereocenters. The molecule has 1 unspecified atom stereocenters. The summed E-state index contributed by atoms with van der Waals surface area (Å²) in [5, 5.41) is 19.7. The number of nitrogens with zero attached hydrogens (tertiary/aromatic N) is 3. The molecule has 0 bridgehead atoms. The van der Waals surface area contributed by atoms with Gasteiger partial charge in [-0.1, -0.05) is 12.1 Å². The molecule has 1 aromatic carbocycles. The first-order chi connectivity index (χ1) is 8.73. The van der Waals surface area contributed by atoms with Crippen LogP contribution >= 0.6 is 0 Å². The Labute approximate surface area is 111 Å². The fourth-order valence-corrected chi connectivity index (χ4v) is 3.18. The van der Waals surface area contributed by atoms with E-state index in [0.29, 0.717) is 0 Å². The number of nitro benzene ring substituents is 1. The highest BCUT2D eigenvalue weighted by molar-refractivity contribution is 7.89. The number of nitro groups is 1. The summed E-state index contributed by atoms with van der Waals surface area (Å²) in [5.41, 5.74) is -0.219. The van der Waals surface area contributed by atoms with Gasteiger partial charge in [0, 0.05) is 13.1 Å². The van der Waals surface area contributed by atoms with Crippen LogP contribution in [0, 0.1) is 28.4 Å². The first-order valence-electron chi connectivity index (χ1n) is 5.35. The van der Waals surface area contributed by atoms with Crippen LogP contribution in [0.1, 0.15) is 12.5 Å². The average Bonchev–Trinajstić information content (AvgIpc) is 2.36. The van der Waals surface area contributed by atoms with Gasteiger partial charge < -0.3 is 0 Å². The summed E-state index contributed by atoms with van der Waals surface area (Å²) in [7, 11) is -2.87. The molecule has 19 heavy (non-hydrogen) atoms. The van der Waals surface area contributed by atoms with E-state index in [2.05, 4.69) is 0 Å². The highest BCUT2D eigenvalue weighted by atomic mass is 32.2. The molecule has 0 saturated carbocycles. The second-order valence-electron chi connectivity index (χ2n) is 4.01. The second kappa shape index (κ2) is 5.34. The predicted octanol–water partition coefficient (Wildman–Crippen LogP) is 1.44. The zero-order valence-corrected chi connectivity index (χ0v) is 11.5. The van der Waals surface area contributed by atoms with Crippen LogP contribution in [-0.2, 0) is 10.0 Å². The molecule has 1 aromatic rings. The van der Waals surface area contributed by atoms with Gasteiger partial charge in [-0.15, -0.1) is 0 Å². The van der Waals surface area contributed by atoms with Crippen LogP contribution in [-0.4, -0.2) is 30.7 Å². The van der Waals surface area contributed by atoms with Gasteiger partial charge in [0.05, 0.1) is 11.0 Å². The highest BCUT2D eigenvalue weighted by Gasteiger charge is 2.33. The molecule has 0 aliphatic carbocycles. The Bertz CT molecular complexity index is 648. The van der Waals surface area contributed by atoms with Crippen molar-refractivity contribution in [2.45, 2.75) is 24.8 Å². The number of hydrogen-bond acceptors (Lipinski definition) is 5. The van der Waals surface area contributed by atoms with Crippen LogP contribution < -0.4 is 0 Å². The van der Waals surface area contributed by atoms with Crippen molar-refractivity contribution in [3.8, 4) is 6.07 Å². The van der Waals surface area contributed by atoms with Gasteiger partial charge >= 0.3 is 0 Å². The molecule has 102 valence electrons. The van der Waals surface area contributed by atoms with Crippen LogP contribution in [0.15, 0.2) is 23.1 Å². The number of benzene rings is 1. The molecular weight excluding hydrogens is 270 g/mol. The Hall–Kier alpha value is -1.98. The van der Waals surface area contributed by atoms with Gasteiger partial charge in [-0.05, 0) is 19.4 Å². The summed E-state index contributed by atoms with van der Waals surface area (Å²) in [6.07, 6.45) is 0. The van der Waals surface area contributed by atoms with Crippen LogP contribution in [0.25, 0.3) is 0 Å². The number of rotatable bonds is 4. The van der Waals surface area contributed by atoms with Gasteiger partial charge in [-0.2, -0.15) is 9.57 Å². The zero-order valence-electron chi connectivity index (χ0n) is 10.7. The van der Waals surface area contributed by atoms with Crippen molar-refractivity contribution < 1.29 is 13.3 Å². The molecule has 0 aliphatic rings. The smallest absolute Gasteiger partial charge is 0.258 e. The lowest BCUT2D eigenvalue weighted by Crippen LogP contribution is -2.34. The molecule has 0 aromatic heterocycles. The van der Waals surface area contributed by atoms with Gasteiger partial charge in [-0.25, -0.2) is 8.42 Å². The van der Waals surface area contributed by atoms with Crippen LogP contribution in [0.5, 0.6) is 0 Å². The van der Waals surface area contributed by atoms with Gasteiger partial charge in [0.2, 0.25) is 0 Å². The fourth-order valence-electron chi connectivity index (χ4n) is 1.55. The van der Waals surface area contributed by atoms with Gasteiger partial charge in [0.25, 0.3) is 15.7 Å². The third-order valence-corrected chi connectivity index (χ3v) is 4.88. The molecule has 7 nitrogen and oxygen atoms in total. The van der Waals surface area contributed by atoms with Crippen LogP contribution in [0.4, 0.5) is 5.69 Å². The lowest BCUT2D eigenvalue weighted by molar-refractivity contribution is -0.387. The van der Waals surface area contributed by atoms with Crippen molar-refractivity contribution in [2.75, 3.05) is 7.05 Å². The first-order valence-corrected chi connectivity index (χ1v) is 6.79. The molecule has 1 rings (SSSR count). The largest absolute Gasteiger partial charge is 0.289 e. The van der Waals surface area contributed by atoms with Crippen molar-refractivity contribution in [3.63, 3.8) is 0 Å². The lowest BCUT2D eigenvalue weighted by Gasteiger charge is -2.20. The molecule has 0 heterocycles. The molecule has 0 aliphatic heterocycles. The third kappa shape index (κ3) is 2.72. The van der Waals surface area contributed by atoms with E-state index in [0.717, 1.165) is 10.4 Å². The van der Waals surface area contributed by atoms with E-state index in [1.807, 2.05) is 0 Å². The number of aryl methyl sites for hydroxylation is 1. The molecule has 0 radical (unpaired) electrons. The van der Waals surface area contributed by atoms with E-state index < -0.39 is 26.7 Å². The Kier molecular flexibility index (Phi) is 4.24. The maximum Gasteiger partial charge on any atom is 0.289 e. The van der Waals surface area contributed by atoms with E-state index in [-0.39, 0.29) is 10.5 Å². The van der Waals surface area contributed by atoms with Crippen LogP contribution in [0.3, 0.4) is 0 Å². The minimum atomic E-state index is -4.09. The van der Waals surface area contributed by atoms with E-state index in [4.69, 9.17) is 5.26 Å². The van der Waals surface area contributed by atoms with Gasteiger partial charge in [-0.3, -0.25) is 10.1 Å².